The molecule has 0 N–H and O–H groups in total. The number of amides is 1. The molecule has 28 heavy (non-hydrogen) atoms. The van der Waals surface area contributed by atoms with Crippen LogP contribution in [0, 0.1) is 25.7 Å². The summed E-state index contributed by atoms with van der Waals surface area (Å²) in [6, 6.07) is 8.67. The van der Waals surface area contributed by atoms with Gasteiger partial charge in [-0.15, -0.1) is 0 Å². The highest BCUT2D eigenvalue weighted by atomic mass is 16.2. The SMILES string of the molecule is CCCc1cnc(C)nc1N1C[C@@H]2CN(C(C)=O)[C@H](c3ccccc3C)[C@@H]2C1. The van der Waals surface area contributed by atoms with Crippen molar-refractivity contribution in [2.24, 2.45) is 11.8 Å². The van der Waals surface area contributed by atoms with Gasteiger partial charge in [0, 0.05) is 50.2 Å². The molecule has 0 saturated carbocycles. The average Bonchev–Trinajstić information content (AvgIpc) is 3.22. The van der Waals surface area contributed by atoms with Crippen LogP contribution in [0.15, 0.2) is 30.5 Å². The van der Waals surface area contributed by atoms with Crippen LogP contribution in [0.25, 0.3) is 0 Å². The smallest absolute Gasteiger partial charge is 0.219 e. The number of fused-ring (bicyclic) bond motifs is 1. The molecule has 5 heteroatoms. The number of carbonyl (C=O) groups is 1. The van der Waals surface area contributed by atoms with E-state index in [0.717, 1.165) is 44.1 Å². The number of benzene rings is 1. The van der Waals surface area contributed by atoms with E-state index >= 15 is 0 Å². The molecule has 2 fully saturated rings. The maximum absolute atomic E-state index is 12.4. The Morgan fingerprint density at radius 3 is 2.68 bits per heavy atom. The number of anilines is 1. The van der Waals surface area contributed by atoms with E-state index in [9.17, 15) is 4.79 Å². The zero-order chi connectivity index (χ0) is 19.8. The zero-order valence-electron chi connectivity index (χ0n) is 17.4. The Morgan fingerprint density at radius 1 is 1.18 bits per heavy atom. The predicted molar refractivity (Wildman–Crippen MR) is 111 cm³/mol. The second-order valence-electron chi connectivity index (χ2n) is 8.32. The Balaban J connectivity index is 1.67. The van der Waals surface area contributed by atoms with E-state index in [1.807, 2.05) is 13.1 Å². The molecule has 1 amide bonds. The number of nitrogens with zero attached hydrogens (tertiary/aromatic N) is 4. The van der Waals surface area contributed by atoms with Crippen LogP contribution >= 0.6 is 0 Å². The molecule has 3 atom stereocenters. The second kappa shape index (κ2) is 7.53. The van der Waals surface area contributed by atoms with Gasteiger partial charge >= 0.3 is 0 Å². The van der Waals surface area contributed by atoms with Crippen LogP contribution in [0.3, 0.4) is 0 Å². The van der Waals surface area contributed by atoms with Crippen molar-refractivity contribution in [3.8, 4) is 0 Å². The maximum atomic E-state index is 12.4. The minimum Gasteiger partial charge on any atom is -0.356 e. The summed E-state index contributed by atoms with van der Waals surface area (Å²) in [6.07, 6.45) is 4.09. The van der Waals surface area contributed by atoms with E-state index in [2.05, 4.69) is 52.9 Å². The summed E-state index contributed by atoms with van der Waals surface area (Å²) in [5.74, 6) is 3.03. The molecule has 2 saturated heterocycles. The predicted octanol–water partition coefficient (Wildman–Crippen LogP) is 3.70. The van der Waals surface area contributed by atoms with E-state index in [1.54, 1.807) is 6.92 Å². The van der Waals surface area contributed by atoms with E-state index in [1.165, 1.54) is 16.7 Å². The summed E-state index contributed by atoms with van der Waals surface area (Å²) in [4.78, 5) is 26.2. The number of aryl methyl sites for hydroxylation is 3. The summed E-state index contributed by atoms with van der Waals surface area (Å²) in [7, 11) is 0. The van der Waals surface area contributed by atoms with Crippen molar-refractivity contribution in [2.75, 3.05) is 24.5 Å². The van der Waals surface area contributed by atoms with Gasteiger partial charge in [0.2, 0.25) is 5.91 Å². The van der Waals surface area contributed by atoms with Gasteiger partial charge in [-0.3, -0.25) is 4.79 Å². The monoisotopic (exact) mass is 378 g/mol. The number of aromatic nitrogens is 2. The van der Waals surface area contributed by atoms with Gasteiger partial charge in [0.1, 0.15) is 11.6 Å². The Kier molecular flexibility index (Phi) is 5.09. The minimum atomic E-state index is 0.159. The first-order valence-electron chi connectivity index (χ1n) is 10.4. The molecule has 3 heterocycles. The topological polar surface area (TPSA) is 49.3 Å². The molecule has 0 bridgehead atoms. The van der Waals surface area contributed by atoms with Crippen molar-refractivity contribution in [1.29, 1.82) is 0 Å². The molecule has 1 aromatic carbocycles. The largest absolute Gasteiger partial charge is 0.356 e. The fraction of sp³-hybridized carbons (Fsp3) is 0.522. The lowest BCUT2D eigenvalue weighted by atomic mass is 9.87. The molecule has 4 rings (SSSR count). The van der Waals surface area contributed by atoms with Crippen LogP contribution in [0.4, 0.5) is 5.82 Å². The number of hydrogen-bond donors (Lipinski definition) is 0. The molecule has 0 spiro atoms. The molecule has 148 valence electrons. The normalized spacial score (nSPS) is 23.9. The summed E-state index contributed by atoms with van der Waals surface area (Å²) >= 11 is 0. The van der Waals surface area contributed by atoms with Crippen LogP contribution in [-0.2, 0) is 11.2 Å². The van der Waals surface area contributed by atoms with E-state index in [-0.39, 0.29) is 11.9 Å². The number of likely N-dealkylation sites (tertiary alicyclic amines) is 1. The molecule has 0 radical (unpaired) electrons. The van der Waals surface area contributed by atoms with Crippen LogP contribution in [0.5, 0.6) is 0 Å². The maximum Gasteiger partial charge on any atom is 0.219 e. The van der Waals surface area contributed by atoms with Gasteiger partial charge in [0.25, 0.3) is 0 Å². The molecular weight excluding hydrogens is 348 g/mol. The lowest BCUT2D eigenvalue weighted by Gasteiger charge is -2.31. The van der Waals surface area contributed by atoms with Gasteiger partial charge in [0.05, 0.1) is 6.04 Å². The van der Waals surface area contributed by atoms with E-state index in [4.69, 9.17) is 4.98 Å². The number of hydrogen-bond acceptors (Lipinski definition) is 4. The first-order valence-corrected chi connectivity index (χ1v) is 10.4. The lowest BCUT2D eigenvalue weighted by molar-refractivity contribution is -0.130. The van der Waals surface area contributed by atoms with Crippen LogP contribution in [0.1, 0.15) is 48.8 Å². The second-order valence-corrected chi connectivity index (χ2v) is 8.32. The molecule has 2 aliphatic heterocycles. The van der Waals surface area contributed by atoms with Gasteiger partial charge in [-0.1, -0.05) is 37.6 Å². The molecular formula is C23H30N4O. The van der Waals surface area contributed by atoms with Crippen molar-refractivity contribution >= 4 is 11.7 Å². The first-order chi connectivity index (χ1) is 13.5. The fourth-order valence-electron chi connectivity index (χ4n) is 5.06. The van der Waals surface area contributed by atoms with Crippen molar-refractivity contribution < 1.29 is 4.79 Å². The Bertz CT molecular complexity index is 881. The van der Waals surface area contributed by atoms with Crippen molar-refractivity contribution in [3.63, 3.8) is 0 Å². The van der Waals surface area contributed by atoms with Gasteiger partial charge in [-0.05, 0) is 31.4 Å². The molecule has 2 aliphatic rings. The van der Waals surface area contributed by atoms with Crippen molar-refractivity contribution in [1.82, 2.24) is 14.9 Å². The molecule has 0 aliphatic carbocycles. The summed E-state index contributed by atoms with van der Waals surface area (Å²) in [5, 5.41) is 0. The van der Waals surface area contributed by atoms with Gasteiger partial charge in [0.15, 0.2) is 0 Å². The van der Waals surface area contributed by atoms with Crippen LogP contribution < -0.4 is 4.90 Å². The standard InChI is InChI=1S/C23H30N4O/c1-5-8-18-11-24-16(3)25-23(18)26-12-19-13-27(17(4)28)22(21(19)14-26)20-10-7-6-9-15(20)2/h6-7,9-11,19,21-22H,5,8,12-14H2,1-4H3/t19-,21-,22-/m1/s1. The molecule has 0 unspecified atom stereocenters. The van der Waals surface area contributed by atoms with Gasteiger partial charge < -0.3 is 9.80 Å². The van der Waals surface area contributed by atoms with E-state index < -0.39 is 0 Å². The van der Waals surface area contributed by atoms with Crippen molar-refractivity contribution in [3.05, 3.63) is 53.0 Å². The molecule has 2 aromatic rings. The van der Waals surface area contributed by atoms with E-state index in [0.29, 0.717) is 11.8 Å². The highest BCUT2D eigenvalue weighted by Crippen LogP contribution is 2.46. The molecule has 1 aromatic heterocycles. The number of rotatable bonds is 4. The average molecular weight is 379 g/mol. The molecule has 5 nitrogen and oxygen atoms in total. The fourth-order valence-corrected chi connectivity index (χ4v) is 5.06. The highest BCUT2D eigenvalue weighted by molar-refractivity contribution is 5.74. The van der Waals surface area contributed by atoms with Gasteiger partial charge in [-0.2, -0.15) is 0 Å². The zero-order valence-corrected chi connectivity index (χ0v) is 17.4. The Labute approximate surface area is 167 Å². The highest BCUT2D eigenvalue weighted by Gasteiger charge is 2.49. The summed E-state index contributed by atoms with van der Waals surface area (Å²) in [6.45, 7) is 10.8. The Morgan fingerprint density at radius 2 is 1.96 bits per heavy atom. The minimum absolute atomic E-state index is 0.159. The van der Waals surface area contributed by atoms with Crippen LogP contribution in [0.2, 0.25) is 0 Å². The summed E-state index contributed by atoms with van der Waals surface area (Å²) < 4.78 is 0. The third kappa shape index (κ3) is 3.27. The lowest BCUT2D eigenvalue weighted by Crippen LogP contribution is -2.35. The van der Waals surface area contributed by atoms with Crippen molar-refractivity contribution in [2.45, 2.75) is 46.6 Å². The van der Waals surface area contributed by atoms with Crippen LogP contribution in [-0.4, -0.2) is 40.4 Å². The quantitative estimate of drug-likeness (QED) is 0.814. The Hall–Kier alpha value is -2.43. The first kappa shape index (κ1) is 18.9. The third-order valence-corrected chi connectivity index (χ3v) is 6.36. The van der Waals surface area contributed by atoms with Gasteiger partial charge in [-0.25, -0.2) is 9.97 Å². The number of carbonyl (C=O) groups excluding carboxylic acids is 1. The third-order valence-electron chi connectivity index (χ3n) is 6.36. The summed E-state index contributed by atoms with van der Waals surface area (Å²) in [5.41, 5.74) is 3.80.